The number of fused-ring (bicyclic) bond motifs is 1. The summed E-state index contributed by atoms with van der Waals surface area (Å²) in [5.74, 6) is 0.814. The van der Waals surface area contributed by atoms with E-state index in [2.05, 4.69) is 10.3 Å². The summed E-state index contributed by atoms with van der Waals surface area (Å²) >= 11 is 0. The first kappa shape index (κ1) is 23.9. The Balaban J connectivity index is 1.18. The van der Waals surface area contributed by atoms with Crippen LogP contribution >= 0.6 is 0 Å². The summed E-state index contributed by atoms with van der Waals surface area (Å²) in [6.45, 7) is 1.97. The number of aromatic nitrogens is 2. The third kappa shape index (κ3) is 4.79. The van der Waals surface area contributed by atoms with E-state index in [-0.39, 0.29) is 23.8 Å². The van der Waals surface area contributed by atoms with Crippen LogP contribution < -0.4 is 14.8 Å². The molecule has 1 saturated heterocycles. The summed E-state index contributed by atoms with van der Waals surface area (Å²) < 4.78 is 18.6. The molecule has 1 aromatic heterocycles. The second-order valence-corrected chi connectivity index (χ2v) is 9.03. The largest absolute Gasteiger partial charge is 0.493 e. The molecule has 2 amide bonds. The van der Waals surface area contributed by atoms with Crippen LogP contribution in [0.2, 0.25) is 0 Å². The molecule has 0 bridgehead atoms. The average Bonchev–Trinajstić information content (AvgIpc) is 3.36. The molecule has 3 aromatic rings. The molecule has 36 heavy (non-hydrogen) atoms. The number of carbonyl (C=O) groups excluding carboxylic acids is 2. The first-order valence-electron chi connectivity index (χ1n) is 12.1. The fourth-order valence-electron chi connectivity index (χ4n) is 4.83. The molecule has 0 aliphatic carbocycles. The lowest BCUT2D eigenvalue weighted by Gasteiger charge is -2.31. The van der Waals surface area contributed by atoms with E-state index < -0.39 is 0 Å². The number of imidazole rings is 1. The quantitative estimate of drug-likeness (QED) is 0.567. The normalized spacial score (nSPS) is 17.8. The zero-order valence-electron chi connectivity index (χ0n) is 20.5. The zero-order chi connectivity index (χ0) is 25.1. The standard InChI is InChI=1S/C27H30N4O5/c1-34-22-9-8-20(14-23(22)35-2)29-26(32)19-10-12-30(13-11-19)27(33)25-21-16-36-24(15-31(21)17-28-25)18-6-4-3-5-7-18/h3-9,14,17,19,24H,10-13,15-16H2,1-2H3,(H,29,32)/t24-/m1/s1. The van der Waals surface area contributed by atoms with Crippen LogP contribution in [0.4, 0.5) is 5.69 Å². The van der Waals surface area contributed by atoms with Crippen LogP contribution in [0, 0.1) is 5.92 Å². The number of likely N-dealkylation sites (tertiary alicyclic amines) is 1. The number of anilines is 1. The number of benzene rings is 2. The molecule has 0 unspecified atom stereocenters. The number of nitrogens with one attached hydrogen (secondary N) is 1. The molecule has 9 nitrogen and oxygen atoms in total. The van der Waals surface area contributed by atoms with Crippen LogP contribution in [0.25, 0.3) is 0 Å². The number of rotatable bonds is 6. The van der Waals surface area contributed by atoms with Gasteiger partial charge in [0.2, 0.25) is 5.91 Å². The van der Waals surface area contributed by atoms with Crippen molar-refractivity contribution in [3.05, 3.63) is 71.8 Å². The van der Waals surface area contributed by atoms with Gasteiger partial charge in [-0.1, -0.05) is 30.3 Å². The lowest BCUT2D eigenvalue weighted by Crippen LogP contribution is -2.42. The smallest absolute Gasteiger partial charge is 0.274 e. The SMILES string of the molecule is COc1ccc(NC(=O)C2CCN(C(=O)c3ncn4c3CO[C@@H](c3ccccc3)C4)CC2)cc1OC. The monoisotopic (exact) mass is 490 g/mol. The van der Waals surface area contributed by atoms with Crippen molar-refractivity contribution in [3.8, 4) is 11.5 Å². The van der Waals surface area contributed by atoms with E-state index in [0.717, 1.165) is 11.3 Å². The van der Waals surface area contributed by atoms with Gasteiger partial charge < -0.3 is 29.0 Å². The molecule has 2 aromatic carbocycles. The molecule has 1 atom stereocenters. The average molecular weight is 491 g/mol. The highest BCUT2D eigenvalue weighted by molar-refractivity contribution is 5.95. The Labute approximate surface area is 210 Å². The van der Waals surface area contributed by atoms with Gasteiger partial charge in [-0.2, -0.15) is 0 Å². The van der Waals surface area contributed by atoms with Crippen molar-refractivity contribution < 1.29 is 23.8 Å². The third-order valence-corrected chi connectivity index (χ3v) is 6.91. The Morgan fingerprint density at radius 1 is 1.03 bits per heavy atom. The maximum absolute atomic E-state index is 13.3. The second kappa shape index (κ2) is 10.4. The summed E-state index contributed by atoms with van der Waals surface area (Å²) in [6, 6.07) is 15.3. The lowest BCUT2D eigenvalue weighted by molar-refractivity contribution is -0.121. The van der Waals surface area contributed by atoms with Crippen LogP contribution in [0.15, 0.2) is 54.9 Å². The van der Waals surface area contributed by atoms with Crippen molar-refractivity contribution in [2.24, 2.45) is 5.92 Å². The molecule has 0 saturated carbocycles. The van der Waals surface area contributed by atoms with Crippen molar-refractivity contribution in [1.82, 2.24) is 14.5 Å². The van der Waals surface area contributed by atoms with E-state index in [0.29, 0.717) is 62.0 Å². The lowest BCUT2D eigenvalue weighted by atomic mass is 9.95. The predicted molar refractivity (Wildman–Crippen MR) is 133 cm³/mol. The van der Waals surface area contributed by atoms with Gasteiger partial charge in [-0.3, -0.25) is 9.59 Å². The summed E-state index contributed by atoms with van der Waals surface area (Å²) in [5, 5.41) is 2.96. The molecule has 0 spiro atoms. The fraction of sp³-hybridized carbons (Fsp3) is 0.370. The summed E-state index contributed by atoms with van der Waals surface area (Å²) in [7, 11) is 3.13. The Hall–Kier alpha value is -3.85. The molecule has 3 heterocycles. The summed E-state index contributed by atoms with van der Waals surface area (Å²) in [4.78, 5) is 32.3. The highest BCUT2D eigenvalue weighted by atomic mass is 16.5. The van der Waals surface area contributed by atoms with Crippen molar-refractivity contribution in [3.63, 3.8) is 0 Å². The first-order chi connectivity index (χ1) is 17.6. The number of hydrogen-bond acceptors (Lipinski definition) is 6. The van der Waals surface area contributed by atoms with Crippen LogP contribution in [-0.4, -0.2) is 53.6 Å². The van der Waals surface area contributed by atoms with Crippen molar-refractivity contribution in [1.29, 1.82) is 0 Å². The zero-order valence-corrected chi connectivity index (χ0v) is 20.5. The van der Waals surface area contributed by atoms with Gasteiger partial charge in [0.1, 0.15) is 6.10 Å². The van der Waals surface area contributed by atoms with E-state index in [1.807, 2.05) is 34.9 Å². The number of hydrogen-bond donors (Lipinski definition) is 1. The van der Waals surface area contributed by atoms with Gasteiger partial charge in [0.05, 0.1) is 39.4 Å². The van der Waals surface area contributed by atoms with Crippen LogP contribution in [0.3, 0.4) is 0 Å². The molecule has 188 valence electrons. The number of nitrogens with zero attached hydrogens (tertiary/aromatic N) is 3. The highest BCUT2D eigenvalue weighted by Crippen LogP contribution is 2.31. The molecule has 1 N–H and O–H groups in total. The minimum atomic E-state index is -0.173. The van der Waals surface area contributed by atoms with Crippen molar-refractivity contribution in [2.45, 2.75) is 32.1 Å². The molecular formula is C27H30N4O5. The van der Waals surface area contributed by atoms with Gasteiger partial charge in [-0.25, -0.2) is 4.98 Å². The third-order valence-electron chi connectivity index (χ3n) is 6.91. The van der Waals surface area contributed by atoms with Crippen molar-refractivity contribution in [2.75, 3.05) is 32.6 Å². The first-order valence-corrected chi connectivity index (χ1v) is 12.1. The molecule has 0 radical (unpaired) electrons. The van der Waals surface area contributed by atoms with Gasteiger partial charge in [-0.15, -0.1) is 0 Å². The van der Waals surface area contributed by atoms with E-state index in [9.17, 15) is 9.59 Å². The Bertz CT molecular complexity index is 1230. The molecule has 1 fully saturated rings. The maximum Gasteiger partial charge on any atom is 0.274 e. The number of piperidine rings is 1. The molecule has 2 aliphatic rings. The Morgan fingerprint density at radius 2 is 1.78 bits per heavy atom. The number of amides is 2. The number of carbonyl (C=O) groups is 2. The highest BCUT2D eigenvalue weighted by Gasteiger charge is 2.32. The van der Waals surface area contributed by atoms with E-state index >= 15 is 0 Å². The van der Waals surface area contributed by atoms with Gasteiger partial charge in [0, 0.05) is 30.8 Å². The number of ether oxygens (including phenoxy) is 3. The Morgan fingerprint density at radius 3 is 2.50 bits per heavy atom. The van der Waals surface area contributed by atoms with E-state index in [4.69, 9.17) is 14.2 Å². The minimum Gasteiger partial charge on any atom is -0.493 e. The number of methoxy groups -OCH3 is 2. The van der Waals surface area contributed by atoms with Gasteiger partial charge in [0.25, 0.3) is 5.91 Å². The van der Waals surface area contributed by atoms with Gasteiger partial charge >= 0.3 is 0 Å². The molecule has 9 heteroatoms. The molecular weight excluding hydrogens is 460 g/mol. The minimum absolute atomic E-state index is 0.0595. The van der Waals surface area contributed by atoms with E-state index in [1.54, 1.807) is 43.6 Å². The van der Waals surface area contributed by atoms with Crippen LogP contribution in [-0.2, 0) is 22.7 Å². The van der Waals surface area contributed by atoms with Crippen LogP contribution in [0.5, 0.6) is 11.5 Å². The Kier molecular flexibility index (Phi) is 6.90. The second-order valence-electron chi connectivity index (χ2n) is 9.03. The van der Waals surface area contributed by atoms with Gasteiger partial charge in [0.15, 0.2) is 17.2 Å². The topological polar surface area (TPSA) is 94.9 Å². The fourth-order valence-corrected chi connectivity index (χ4v) is 4.83. The van der Waals surface area contributed by atoms with Crippen molar-refractivity contribution >= 4 is 17.5 Å². The van der Waals surface area contributed by atoms with Crippen LogP contribution in [0.1, 0.15) is 40.7 Å². The van der Waals surface area contributed by atoms with E-state index in [1.165, 1.54) is 0 Å². The van der Waals surface area contributed by atoms with Gasteiger partial charge in [-0.05, 0) is 30.5 Å². The maximum atomic E-state index is 13.3. The summed E-state index contributed by atoms with van der Waals surface area (Å²) in [6.07, 6.45) is 2.85. The predicted octanol–water partition coefficient (Wildman–Crippen LogP) is 3.66. The molecule has 2 aliphatic heterocycles. The molecule has 5 rings (SSSR count). The summed E-state index contributed by atoms with van der Waals surface area (Å²) in [5.41, 5.74) is 3.00.